The van der Waals surface area contributed by atoms with Crippen molar-refractivity contribution in [2.24, 2.45) is 0 Å². The molecule has 2 aliphatic heterocycles. The van der Waals surface area contributed by atoms with E-state index in [4.69, 9.17) is 0 Å². The average molecular weight is 261 g/mol. The fourth-order valence-corrected chi connectivity index (χ4v) is 4.68. The predicted octanol–water partition coefficient (Wildman–Crippen LogP) is 2.32. The van der Waals surface area contributed by atoms with E-state index >= 15 is 0 Å². The number of para-hydroxylation sites is 1. The predicted molar refractivity (Wildman–Crippen MR) is 72.8 cm³/mol. The fourth-order valence-electron chi connectivity index (χ4n) is 2.74. The van der Waals surface area contributed by atoms with Gasteiger partial charge in [0.25, 0.3) is 0 Å². The summed E-state index contributed by atoms with van der Waals surface area (Å²) in [5.41, 5.74) is 4.03. The minimum absolute atomic E-state index is 0.117. The molecule has 94 valence electrons. The molecule has 2 aliphatic rings. The van der Waals surface area contributed by atoms with Crippen LogP contribution in [0.1, 0.15) is 25.8 Å². The van der Waals surface area contributed by atoms with Gasteiger partial charge in [-0.25, -0.2) is 0 Å². The minimum Gasteiger partial charge on any atom is -0.324 e. The van der Waals surface area contributed by atoms with Gasteiger partial charge in [-0.1, -0.05) is 29.3 Å². The molecule has 1 aromatic rings. The molecule has 2 heterocycles. The van der Waals surface area contributed by atoms with Crippen molar-refractivity contribution in [1.82, 2.24) is 0 Å². The molecule has 3 nitrogen and oxygen atoms in total. The normalized spacial score (nSPS) is 30.6. The number of carbonyl (C=O) groups excluding carboxylic acids is 1. The van der Waals surface area contributed by atoms with Crippen molar-refractivity contribution in [3.63, 3.8) is 0 Å². The zero-order valence-corrected chi connectivity index (χ0v) is 11.3. The quantitative estimate of drug-likeness (QED) is 0.729. The molecule has 1 aromatic carbocycles. The smallest absolute Gasteiger partial charge is 0.248 e. The minimum atomic E-state index is -1.19. The second kappa shape index (κ2) is 3.79. The molecule has 1 amide bonds. The first-order chi connectivity index (χ1) is 8.55. The summed E-state index contributed by atoms with van der Waals surface area (Å²) in [6, 6.07) is 7.58. The van der Waals surface area contributed by atoms with Crippen LogP contribution in [0.2, 0.25) is 0 Å². The van der Waals surface area contributed by atoms with Gasteiger partial charge >= 0.3 is 0 Å². The molecule has 4 heteroatoms. The van der Waals surface area contributed by atoms with Gasteiger partial charge in [0.2, 0.25) is 5.91 Å². The Labute approximate surface area is 109 Å². The van der Waals surface area contributed by atoms with E-state index in [1.165, 1.54) is 5.57 Å². The molecule has 0 saturated heterocycles. The van der Waals surface area contributed by atoms with Crippen LogP contribution in [0, 0.1) is 0 Å². The van der Waals surface area contributed by atoms with Gasteiger partial charge < -0.3 is 5.32 Å². The zero-order valence-electron chi connectivity index (χ0n) is 10.4. The Kier molecular flexibility index (Phi) is 2.45. The summed E-state index contributed by atoms with van der Waals surface area (Å²) in [6.45, 7) is 4.03. The average Bonchev–Trinajstić information content (AvgIpc) is 2.61. The summed E-state index contributed by atoms with van der Waals surface area (Å²) in [6.07, 6.45) is 0.564. The second-order valence-corrected chi connectivity index (χ2v) is 6.73. The van der Waals surface area contributed by atoms with Gasteiger partial charge in [-0.15, -0.1) is 0 Å². The third kappa shape index (κ3) is 1.35. The second-order valence-electron chi connectivity index (χ2n) is 5.05. The van der Waals surface area contributed by atoms with E-state index in [2.05, 4.69) is 5.32 Å². The highest BCUT2D eigenvalue weighted by atomic mass is 32.2. The van der Waals surface area contributed by atoms with Crippen molar-refractivity contribution in [1.29, 1.82) is 0 Å². The van der Waals surface area contributed by atoms with Crippen molar-refractivity contribution < 1.29 is 9.00 Å². The number of fused-ring (bicyclic) bond motifs is 2. The maximum atomic E-state index is 12.6. The van der Waals surface area contributed by atoms with Gasteiger partial charge in [0.05, 0.1) is 0 Å². The maximum Gasteiger partial charge on any atom is 0.248 e. The van der Waals surface area contributed by atoms with Gasteiger partial charge in [0, 0.05) is 27.8 Å². The number of hydrogen-bond acceptors (Lipinski definition) is 2. The van der Waals surface area contributed by atoms with Crippen LogP contribution >= 0.6 is 0 Å². The van der Waals surface area contributed by atoms with Crippen molar-refractivity contribution >= 4 is 22.4 Å². The Morgan fingerprint density at radius 1 is 1.22 bits per heavy atom. The van der Waals surface area contributed by atoms with Crippen LogP contribution < -0.4 is 5.32 Å². The number of hydrogen-bond donors (Lipinski definition) is 1. The zero-order chi connectivity index (χ0) is 12.9. The molecule has 0 radical (unpaired) electrons. The highest BCUT2D eigenvalue weighted by molar-refractivity contribution is 7.87. The third-order valence-electron chi connectivity index (χ3n) is 3.96. The van der Waals surface area contributed by atoms with Crippen molar-refractivity contribution in [3.8, 4) is 0 Å². The van der Waals surface area contributed by atoms with Gasteiger partial charge in [-0.3, -0.25) is 9.00 Å². The van der Waals surface area contributed by atoms with E-state index in [0.717, 1.165) is 16.8 Å². The Morgan fingerprint density at radius 2 is 1.94 bits per heavy atom. The summed E-state index contributed by atoms with van der Waals surface area (Å²) < 4.78 is 11.7. The molecule has 0 aliphatic carbocycles. The molecule has 18 heavy (non-hydrogen) atoms. The lowest BCUT2D eigenvalue weighted by Crippen LogP contribution is -2.42. The SMILES string of the molecule is CC1=C(C)CC2(C(=O)Nc3ccccc32)S(=O)C1. The number of nitrogens with one attached hydrogen (secondary N) is 1. The van der Waals surface area contributed by atoms with E-state index in [0.29, 0.717) is 12.2 Å². The Morgan fingerprint density at radius 3 is 2.72 bits per heavy atom. The Bertz CT molecular complexity index is 606. The van der Waals surface area contributed by atoms with Gasteiger partial charge in [-0.05, 0) is 26.3 Å². The molecule has 1 N–H and O–H groups in total. The van der Waals surface area contributed by atoms with E-state index in [-0.39, 0.29) is 5.91 Å². The lowest BCUT2D eigenvalue weighted by atomic mass is 9.90. The van der Waals surface area contributed by atoms with E-state index in [9.17, 15) is 9.00 Å². The van der Waals surface area contributed by atoms with Crippen molar-refractivity contribution in [3.05, 3.63) is 41.0 Å². The molecule has 2 unspecified atom stereocenters. The summed E-state index contributed by atoms with van der Waals surface area (Å²) >= 11 is 0. The number of rotatable bonds is 0. The number of amides is 1. The Balaban J connectivity index is 2.22. The van der Waals surface area contributed by atoms with Gasteiger partial charge in [0.1, 0.15) is 0 Å². The molecule has 0 saturated carbocycles. The largest absolute Gasteiger partial charge is 0.324 e. The first-order valence-corrected chi connectivity index (χ1v) is 7.32. The van der Waals surface area contributed by atoms with Gasteiger partial charge in [0.15, 0.2) is 4.75 Å². The molecular formula is C14H15NO2S. The topological polar surface area (TPSA) is 46.2 Å². The summed E-state index contributed by atoms with van der Waals surface area (Å²) in [4.78, 5) is 12.3. The van der Waals surface area contributed by atoms with Crippen LogP contribution in [0.15, 0.2) is 35.4 Å². The lowest BCUT2D eigenvalue weighted by Gasteiger charge is -2.32. The first-order valence-electron chi connectivity index (χ1n) is 6.00. The molecule has 3 rings (SSSR count). The van der Waals surface area contributed by atoms with Crippen LogP contribution in [0.25, 0.3) is 0 Å². The molecular weight excluding hydrogens is 246 g/mol. The molecule has 0 bridgehead atoms. The molecule has 2 atom stereocenters. The van der Waals surface area contributed by atoms with Crippen LogP contribution in [0.5, 0.6) is 0 Å². The van der Waals surface area contributed by atoms with E-state index in [1.807, 2.05) is 38.1 Å². The number of allylic oxidation sites excluding steroid dienone is 1. The Hall–Kier alpha value is -1.42. The molecule has 1 spiro atoms. The highest BCUT2D eigenvalue weighted by Gasteiger charge is 2.53. The monoisotopic (exact) mass is 261 g/mol. The maximum absolute atomic E-state index is 12.6. The van der Waals surface area contributed by atoms with Crippen LogP contribution in [0.4, 0.5) is 5.69 Å². The number of anilines is 1. The van der Waals surface area contributed by atoms with Crippen molar-refractivity contribution in [2.45, 2.75) is 25.0 Å². The van der Waals surface area contributed by atoms with Crippen LogP contribution in [-0.2, 0) is 20.3 Å². The summed E-state index contributed by atoms with van der Waals surface area (Å²) in [7, 11) is -1.19. The number of benzene rings is 1. The highest BCUT2D eigenvalue weighted by Crippen LogP contribution is 2.47. The summed E-state index contributed by atoms with van der Waals surface area (Å²) in [5, 5.41) is 2.87. The standard InChI is InChI=1S/C14H15NO2S/c1-9-7-14(18(17)8-10(9)2)11-5-3-4-6-12(11)15-13(14)16/h3-6H,7-8H2,1-2H3,(H,15,16). The molecule has 0 fully saturated rings. The third-order valence-corrected chi connectivity index (χ3v) is 5.98. The lowest BCUT2D eigenvalue weighted by molar-refractivity contribution is -0.118. The van der Waals surface area contributed by atoms with Gasteiger partial charge in [-0.2, -0.15) is 0 Å². The molecule has 0 aromatic heterocycles. The summed E-state index contributed by atoms with van der Waals surface area (Å²) in [5.74, 6) is 0.377. The van der Waals surface area contributed by atoms with E-state index in [1.54, 1.807) is 0 Å². The van der Waals surface area contributed by atoms with Crippen LogP contribution in [0.3, 0.4) is 0 Å². The fraction of sp³-hybridized carbons (Fsp3) is 0.357. The van der Waals surface area contributed by atoms with E-state index < -0.39 is 15.5 Å². The van der Waals surface area contributed by atoms with Crippen LogP contribution in [-0.4, -0.2) is 15.9 Å². The number of carbonyl (C=O) groups is 1. The first kappa shape index (κ1) is 11.7. The van der Waals surface area contributed by atoms with Crippen molar-refractivity contribution in [2.75, 3.05) is 11.1 Å².